The monoisotopic (exact) mass is 238 g/mol. The van der Waals surface area contributed by atoms with Crippen molar-refractivity contribution in [3.05, 3.63) is 35.1 Å². The first-order chi connectivity index (χ1) is 7.90. The molecule has 0 saturated carbocycles. The first kappa shape index (κ1) is 12.5. The molecule has 0 spiro atoms. The maximum absolute atomic E-state index is 13.2. The molecule has 1 N–H and O–H groups in total. The van der Waals surface area contributed by atoms with Crippen molar-refractivity contribution < 1.29 is 14.2 Å². The molecule has 1 fully saturated rings. The molecular formula is C14H19FO2. The van der Waals surface area contributed by atoms with Gasteiger partial charge in [-0.15, -0.1) is 0 Å². The molecule has 1 aromatic carbocycles. The highest BCUT2D eigenvalue weighted by atomic mass is 19.1. The van der Waals surface area contributed by atoms with Crippen LogP contribution in [-0.2, 0) is 10.3 Å². The van der Waals surface area contributed by atoms with E-state index in [-0.39, 0.29) is 18.0 Å². The van der Waals surface area contributed by atoms with Crippen LogP contribution >= 0.6 is 0 Å². The van der Waals surface area contributed by atoms with E-state index in [1.807, 2.05) is 13.8 Å². The van der Waals surface area contributed by atoms with Crippen molar-refractivity contribution in [1.29, 1.82) is 0 Å². The summed E-state index contributed by atoms with van der Waals surface area (Å²) in [5.41, 5.74) is 0.469. The van der Waals surface area contributed by atoms with Crippen molar-refractivity contribution in [3.63, 3.8) is 0 Å². The first-order valence-electron chi connectivity index (χ1n) is 6.05. The maximum Gasteiger partial charge on any atom is 0.126 e. The Balaban J connectivity index is 2.33. The highest BCUT2D eigenvalue weighted by Gasteiger charge is 2.38. The minimum absolute atomic E-state index is 0.0223. The van der Waals surface area contributed by atoms with Crippen LogP contribution in [0.3, 0.4) is 0 Å². The van der Waals surface area contributed by atoms with E-state index in [1.54, 1.807) is 19.1 Å². The lowest BCUT2D eigenvalue weighted by atomic mass is 9.81. The standard InChI is InChI=1S/C14H19FO2/c1-9-6-12(4-5-13(9)15)14(16)7-10(2)17-11(3)8-14/h4-6,10-11,16H,7-8H2,1-3H3. The average Bonchev–Trinajstić information content (AvgIpc) is 2.19. The topological polar surface area (TPSA) is 29.5 Å². The molecule has 0 radical (unpaired) electrons. The Labute approximate surface area is 101 Å². The largest absolute Gasteiger partial charge is 0.385 e. The molecule has 1 aliphatic rings. The van der Waals surface area contributed by atoms with E-state index in [9.17, 15) is 9.50 Å². The van der Waals surface area contributed by atoms with Crippen LogP contribution in [0.15, 0.2) is 18.2 Å². The van der Waals surface area contributed by atoms with Gasteiger partial charge in [0.15, 0.2) is 0 Å². The first-order valence-corrected chi connectivity index (χ1v) is 6.05. The smallest absolute Gasteiger partial charge is 0.126 e. The van der Waals surface area contributed by atoms with Crippen molar-refractivity contribution in [3.8, 4) is 0 Å². The van der Waals surface area contributed by atoms with Crippen LogP contribution in [0.1, 0.15) is 37.8 Å². The molecule has 0 aromatic heterocycles. The van der Waals surface area contributed by atoms with Crippen molar-refractivity contribution in [2.24, 2.45) is 0 Å². The third-order valence-electron chi connectivity index (χ3n) is 3.41. The van der Waals surface area contributed by atoms with Gasteiger partial charge in [0, 0.05) is 12.8 Å². The summed E-state index contributed by atoms with van der Waals surface area (Å²) in [6.07, 6.45) is 1.16. The normalized spacial score (nSPS) is 33.7. The number of ether oxygens (including phenoxy) is 1. The molecule has 0 amide bonds. The van der Waals surface area contributed by atoms with Gasteiger partial charge in [0.05, 0.1) is 17.8 Å². The lowest BCUT2D eigenvalue weighted by Crippen LogP contribution is -2.41. The Kier molecular flexibility index (Phi) is 3.23. The zero-order chi connectivity index (χ0) is 12.6. The number of benzene rings is 1. The fourth-order valence-electron chi connectivity index (χ4n) is 2.70. The SMILES string of the molecule is Cc1cc(C2(O)CC(C)OC(C)C2)ccc1F. The molecule has 2 nitrogen and oxygen atoms in total. The van der Waals surface area contributed by atoms with Crippen LogP contribution < -0.4 is 0 Å². The number of rotatable bonds is 1. The van der Waals surface area contributed by atoms with Gasteiger partial charge in [-0.3, -0.25) is 0 Å². The minimum atomic E-state index is -0.893. The zero-order valence-electron chi connectivity index (χ0n) is 10.5. The molecule has 2 atom stereocenters. The average molecular weight is 238 g/mol. The highest BCUT2D eigenvalue weighted by Crippen LogP contribution is 2.37. The second kappa shape index (κ2) is 4.39. The summed E-state index contributed by atoms with van der Waals surface area (Å²) in [5, 5.41) is 10.7. The summed E-state index contributed by atoms with van der Waals surface area (Å²) in [7, 11) is 0. The summed E-state index contributed by atoms with van der Waals surface area (Å²) in [4.78, 5) is 0. The van der Waals surface area contributed by atoms with Crippen LogP contribution in [0.2, 0.25) is 0 Å². The van der Waals surface area contributed by atoms with Crippen LogP contribution in [-0.4, -0.2) is 17.3 Å². The van der Waals surface area contributed by atoms with E-state index >= 15 is 0 Å². The quantitative estimate of drug-likeness (QED) is 0.815. The second-order valence-electron chi connectivity index (χ2n) is 5.16. The maximum atomic E-state index is 13.2. The van der Waals surface area contributed by atoms with Crippen molar-refractivity contribution in [2.75, 3.05) is 0 Å². The fourth-order valence-corrected chi connectivity index (χ4v) is 2.70. The minimum Gasteiger partial charge on any atom is -0.385 e. The molecule has 1 aromatic rings. The van der Waals surface area contributed by atoms with Crippen LogP contribution in [0, 0.1) is 12.7 Å². The van der Waals surface area contributed by atoms with Gasteiger partial charge < -0.3 is 9.84 Å². The molecule has 17 heavy (non-hydrogen) atoms. The third kappa shape index (κ3) is 2.50. The number of aliphatic hydroxyl groups is 1. The molecule has 0 aliphatic carbocycles. The molecule has 0 bridgehead atoms. The van der Waals surface area contributed by atoms with Crippen molar-refractivity contribution in [1.82, 2.24) is 0 Å². The molecule has 3 heteroatoms. The predicted octanol–water partition coefficient (Wildman–Crippen LogP) is 2.91. The Morgan fingerprint density at radius 2 is 1.88 bits per heavy atom. The summed E-state index contributed by atoms with van der Waals surface area (Å²) >= 11 is 0. The van der Waals surface area contributed by atoms with Gasteiger partial charge >= 0.3 is 0 Å². The van der Waals surface area contributed by atoms with E-state index in [1.165, 1.54) is 6.07 Å². The second-order valence-corrected chi connectivity index (χ2v) is 5.16. The summed E-state index contributed by atoms with van der Waals surface area (Å²) in [6, 6.07) is 4.83. The van der Waals surface area contributed by atoms with E-state index in [2.05, 4.69) is 0 Å². The molecule has 1 aliphatic heterocycles. The molecule has 1 heterocycles. The lowest BCUT2D eigenvalue weighted by molar-refractivity contribution is -0.135. The van der Waals surface area contributed by atoms with Gasteiger partial charge in [-0.25, -0.2) is 4.39 Å². The highest BCUT2D eigenvalue weighted by molar-refractivity contribution is 5.29. The van der Waals surface area contributed by atoms with Gasteiger partial charge in [-0.1, -0.05) is 12.1 Å². The Hall–Kier alpha value is -0.930. The number of hydrogen-bond donors (Lipinski definition) is 1. The summed E-state index contributed by atoms with van der Waals surface area (Å²) in [6.45, 7) is 5.63. The molecular weight excluding hydrogens is 219 g/mol. The predicted molar refractivity (Wildman–Crippen MR) is 64.3 cm³/mol. The van der Waals surface area contributed by atoms with Gasteiger partial charge in [0.2, 0.25) is 0 Å². The van der Waals surface area contributed by atoms with Gasteiger partial charge in [0.25, 0.3) is 0 Å². The summed E-state index contributed by atoms with van der Waals surface area (Å²) in [5.74, 6) is -0.231. The Bertz CT molecular complexity index is 407. The van der Waals surface area contributed by atoms with E-state index in [4.69, 9.17) is 4.74 Å². The van der Waals surface area contributed by atoms with Crippen LogP contribution in [0.5, 0.6) is 0 Å². The van der Waals surface area contributed by atoms with Gasteiger partial charge in [-0.05, 0) is 38.0 Å². The summed E-state index contributed by atoms with van der Waals surface area (Å²) < 4.78 is 18.9. The van der Waals surface area contributed by atoms with Crippen molar-refractivity contribution in [2.45, 2.75) is 51.4 Å². The molecule has 94 valence electrons. The van der Waals surface area contributed by atoms with Crippen molar-refractivity contribution >= 4 is 0 Å². The molecule has 1 saturated heterocycles. The third-order valence-corrected chi connectivity index (χ3v) is 3.41. The molecule has 2 unspecified atom stereocenters. The zero-order valence-corrected chi connectivity index (χ0v) is 10.5. The van der Waals surface area contributed by atoms with Crippen LogP contribution in [0.25, 0.3) is 0 Å². The Morgan fingerprint density at radius 3 is 2.41 bits per heavy atom. The van der Waals surface area contributed by atoms with Crippen LogP contribution in [0.4, 0.5) is 4.39 Å². The molecule has 2 rings (SSSR count). The van der Waals surface area contributed by atoms with E-state index in [0.717, 1.165) is 5.56 Å². The Morgan fingerprint density at radius 1 is 1.29 bits per heavy atom. The number of aryl methyl sites for hydroxylation is 1. The van der Waals surface area contributed by atoms with Gasteiger partial charge in [-0.2, -0.15) is 0 Å². The number of halogens is 1. The lowest BCUT2D eigenvalue weighted by Gasteiger charge is -2.39. The van der Waals surface area contributed by atoms with E-state index < -0.39 is 5.60 Å². The van der Waals surface area contributed by atoms with E-state index in [0.29, 0.717) is 18.4 Å². The number of hydrogen-bond acceptors (Lipinski definition) is 2. The van der Waals surface area contributed by atoms with Gasteiger partial charge in [0.1, 0.15) is 5.82 Å². The fraction of sp³-hybridized carbons (Fsp3) is 0.571.